The molecule has 0 bridgehead atoms. The Morgan fingerprint density at radius 2 is 1.87 bits per heavy atom. The van der Waals surface area contributed by atoms with Gasteiger partial charge in [-0.15, -0.1) is 6.58 Å². The molecule has 0 radical (unpaired) electrons. The fraction of sp³-hybridized carbons (Fsp3) is 0.375. The van der Waals surface area contributed by atoms with Gasteiger partial charge < -0.3 is 15.4 Å². The second-order valence-corrected chi connectivity index (χ2v) is 7.83. The van der Waals surface area contributed by atoms with E-state index in [0.717, 1.165) is 44.0 Å². The average Bonchev–Trinajstić information content (AvgIpc) is 2.78. The zero-order valence-electron chi connectivity index (χ0n) is 17.6. The van der Waals surface area contributed by atoms with Crippen LogP contribution in [0.3, 0.4) is 0 Å². The van der Waals surface area contributed by atoms with Crippen LogP contribution in [0, 0.1) is 0 Å². The first-order valence-electron chi connectivity index (χ1n) is 10.4. The first kappa shape index (κ1) is 22.2. The molecule has 1 aliphatic heterocycles. The van der Waals surface area contributed by atoms with E-state index in [2.05, 4.69) is 39.2 Å². The van der Waals surface area contributed by atoms with E-state index in [1.54, 1.807) is 0 Å². The molecule has 0 atom stereocenters. The highest BCUT2D eigenvalue weighted by molar-refractivity contribution is 6.32. The number of ether oxygens (including phenoxy) is 1. The van der Waals surface area contributed by atoms with Crippen LogP contribution in [-0.2, 0) is 13.2 Å². The Hall–Kier alpha value is -2.50. The van der Waals surface area contributed by atoms with Crippen molar-refractivity contribution in [2.75, 3.05) is 26.7 Å². The molecule has 160 valence electrons. The van der Waals surface area contributed by atoms with Gasteiger partial charge in [-0.2, -0.15) is 0 Å². The Morgan fingerprint density at radius 3 is 2.57 bits per heavy atom. The number of likely N-dealkylation sites (tertiary alicyclic amines) is 1. The lowest BCUT2D eigenvalue weighted by Gasteiger charge is -2.32. The number of halogens is 1. The molecular formula is C24H31ClN4O. The third kappa shape index (κ3) is 6.51. The van der Waals surface area contributed by atoms with Crippen molar-refractivity contribution in [1.82, 2.24) is 15.5 Å². The maximum Gasteiger partial charge on any atom is 0.191 e. The van der Waals surface area contributed by atoms with Gasteiger partial charge in [0.2, 0.25) is 0 Å². The summed E-state index contributed by atoms with van der Waals surface area (Å²) in [6.45, 7) is 8.11. The van der Waals surface area contributed by atoms with Crippen LogP contribution in [0.4, 0.5) is 0 Å². The van der Waals surface area contributed by atoms with Gasteiger partial charge in [0.05, 0.1) is 5.02 Å². The molecule has 0 aliphatic carbocycles. The molecule has 3 rings (SSSR count). The van der Waals surface area contributed by atoms with Crippen LogP contribution in [0.25, 0.3) is 0 Å². The molecule has 0 unspecified atom stereocenters. The Labute approximate surface area is 184 Å². The Balaban J connectivity index is 1.52. The predicted octanol–water partition coefficient (Wildman–Crippen LogP) is 4.23. The van der Waals surface area contributed by atoms with E-state index in [0.29, 0.717) is 30.0 Å². The molecule has 1 fully saturated rings. The summed E-state index contributed by atoms with van der Waals surface area (Å²) in [4.78, 5) is 6.83. The minimum atomic E-state index is 0.441. The van der Waals surface area contributed by atoms with E-state index in [1.165, 1.54) is 5.56 Å². The fourth-order valence-corrected chi connectivity index (χ4v) is 3.79. The van der Waals surface area contributed by atoms with E-state index in [1.807, 2.05) is 49.5 Å². The quantitative estimate of drug-likeness (QED) is 0.376. The van der Waals surface area contributed by atoms with Crippen LogP contribution in [0.5, 0.6) is 5.75 Å². The molecular weight excluding hydrogens is 396 g/mol. The molecule has 0 spiro atoms. The van der Waals surface area contributed by atoms with Gasteiger partial charge in [-0.05, 0) is 36.1 Å². The highest BCUT2D eigenvalue weighted by atomic mass is 35.5. The third-order valence-corrected chi connectivity index (χ3v) is 5.64. The Bertz CT molecular complexity index is 847. The van der Waals surface area contributed by atoms with Crippen molar-refractivity contribution in [3.63, 3.8) is 0 Å². The molecule has 1 saturated heterocycles. The van der Waals surface area contributed by atoms with Gasteiger partial charge in [-0.25, -0.2) is 0 Å². The van der Waals surface area contributed by atoms with Crippen molar-refractivity contribution in [3.05, 3.63) is 77.3 Å². The number of piperidine rings is 1. The topological polar surface area (TPSA) is 48.9 Å². The number of hydrogen-bond donors (Lipinski definition) is 2. The summed E-state index contributed by atoms with van der Waals surface area (Å²) in [6.07, 6.45) is 4.19. The molecule has 0 saturated carbocycles. The van der Waals surface area contributed by atoms with Gasteiger partial charge in [-0.1, -0.05) is 54.1 Å². The molecule has 6 heteroatoms. The lowest BCUT2D eigenvalue weighted by molar-refractivity contribution is 0.225. The lowest BCUT2D eigenvalue weighted by Crippen LogP contribution is -2.48. The van der Waals surface area contributed by atoms with Crippen LogP contribution in [-0.4, -0.2) is 43.6 Å². The number of rotatable bonds is 8. The first-order valence-corrected chi connectivity index (χ1v) is 10.8. The van der Waals surface area contributed by atoms with Crippen molar-refractivity contribution in [3.8, 4) is 5.75 Å². The summed E-state index contributed by atoms with van der Waals surface area (Å²) in [5.74, 6) is 1.53. The van der Waals surface area contributed by atoms with Crippen LogP contribution in [0.1, 0.15) is 24.0 Å². The predicted molar refractivity (Wildman–Crippen MR) is 125 cm³/mol. The summed E-state index contributed by atoms with van der Waals surface area (Å²) in [5, 5.41) is 7.63. The molecule has 1 heterocycles. The van der Waals surface area contributed by atoms with Crippen molar-refractivity contribution in [2.24, 2.45) is 4.99 Å². The Morgan fingerprint density at radius 1 is 1.17 bits per heavy atom. The van der Waals surface area contributed by atoms with E-state index in [4.69, 9.17) is 16.3 Å². The summed E-state index contributed by atoms with van der Waals surface area (Å²) in [6, 6.07) is 16.2. The number of benzene rings is 2. The summed E-state index contributed by atoms with van der Waals surface area (Å²) >= 11 is 6.20. The van der Waals surface area contributed by atoms with Crippen LogP contribution < -0.4 is 15.4 Å². The van der Waals surface area contributed by atoms with E-state index in [9.17, 15) is 0 Å². The molecule has 0 amide bonds. The highest BCUT2D eigenvalue weighted by Gasteiger charge is 2.19. The third-order valence-electron chi connectivity index (χ3n) is 5.32. The van der Waals surface area contributed by atoms with Gasteiger partial charge in [0.15, 0.2) is 5.96 Å². The van der Waals surface area contributed by atoms with Crippen LogP contribution in [0.15, 0.2) is 66.2 Å². The number of para-hydroxylation sites is 1. The van der Waals surface area contributed by atoms with Crippen molar-refractivity contribution >= 4 is 17.6 Å². The summed E-state index contributed by atoms with van der Waals surface area (Å²) in [7, 11) is 1.81. The van der Waals surface area contributed by atoms with Crippen LogP contribution in [0.2, 0.25) is 5.02 Å². The zero-order valence-corrected chi connectivity index (χ0v) is 18.4. The smallest absolute Gasteiger partial charge is 0.191 e. The first-order chi connectivity index (χ1) is 14.7. The summed E-state index contributed by atoms with van der Waals surface area (Å²) in [5.41, 5.74) is 2.30. The number of hydrogen-bond acceptors (Lipinski definition) is 3. The minimum absolute atomic E-state index is 0.441. The minimum Gasteiger partial charge on any atom is -0.487 e. The lowest BCUT2D eigenvalue weighted by atomic mass is 10.1. The van der Waals surface area contributed by atoms with Crippen molar-refractivity contribution in [1.29, 1.82) is 0 Å². The fourth-order valence-electron chi connectivity index (χ4n) is 3.60. The molecule has 2 N–H and O–H groups in total. The second kappa shape index (κ2) is 11.6. The van der Waals surface area contributed by atoms with E-state index < -0.39 is 0 Å². The van der Waals surface area contributed by atoms with E-state index >= 15 is 0 Å². The van der Waals surface area contributed by atoms with Gasteiger partial charge in [-0.3, -0.25) is 9.89 Å². The summed E-state index contributed by atoms with van der Waals surface area (Å²) < 4.78 is 5.93. The average molecular weight is 427 g/mol. The SMILES string of the molecule is C=CCN1CCC(NC(=NC)NCc2ccccc2COc2ccccc2Cl)CC1. The molecule has 1 aliphatic rings. The van der Waals surface area contributed by atoms with Crippen LogP contribution >= 0.6 is 11.6 Å². The van der Waals surface area contributed by atoms with Gasteiger partial charge in [0, 0.05) is 39.3 Å². The molecule has 2 aromatic carbocycles. The van der Waals surface area contributed by atoms with Crippen molar-refractivity contribution in [2.45, 2.75) is 32.0 Å². The van der Waals surface area contributed by atoms with Crippen molar-refractivity contribution < 1.29 is 4.74 Å². The maximum atomic E-state index is 6.20. The normalized spacial score (nSPS) is 15.6. The van der Waals surface area contributed by atoms with E-state index in [-0.39, 0.29) is 0 Å². The number of nitrogens with zero attached hydrogens (tertiary/aromatic N) is 2. The molecule has 30 heavy (non-hydrogen) atoms. The number of nitrogens with one attached hydrogen (secondary N) is 2. The standard InChI is InChI=1S/C24H31ClN4O/c1-3-14-29-15-12-21(13-16-29)28-24(26-2)27-17-19-8-4-5-9-20(19)18-30-23-11-7-6-10-22(23)25/h3-11,21H,1,12-18H2,2H3,(H2,26,27,28). The molecule has 2 aromatic rings. The van der Waals surface area contributed by atoms with Gasteiger partial charge in [0.25, 0.3) is 0 Å². The molecule has 5 nitrogen and oxygen atoms in total. The zero-order chi connectivity index (χ0) is 21.2. The largest absolute Gasteiger partial charge is 0.487 e. The Kier molecular flexibility index (Phi) is 8.60. The number of aliphatic imine (C=N–C) groups is 1. The highest BCUT2D eigenvalue weighted by Crippen LogP contribution is 2.24. The second-order valence-electron chi connectivity index (χ2n) is 7.42. The van der Waals surface area contributed by atoms with Gasteiger partial charge >= 0.3 is 0 Å². The monoisotopic (exact) mass is 426 g/mol. The molecule has 0 aromatic heterocycles. The van der Waals surface area contributed by atoms with Gasteiger partial charge in [0.1, 0.15) is 12.4 Å². The number of guanidine groups is 1. The maximum absolute atomic E-state index is 6.20.